The highest BCUT2D eigenvalue weighted by Gasteiger charge is 2.36. The predicted octanol–water partition coefficient (Wildman–Crippen LogP) is 6.54. The van der Waals surface area contributed by atoms with Gasteiger partial charge in [0.1, 0.15) is 35.7 Å². The van der Waals surface area contributed by atoms with Crippen molar-refractivity contribution in [3.8, 4) is 5.75 Å². The predicted molar refractivity (Wildman–Crippen MR) is 146 cm³/mol. The zero-order chi connectivity index (χ0) is 28.1. The summed E-state index contributed by atoms with van der Waals surface area (Å²) in [6.07, 6.45) is -0.426. The number of nitrogens with one attached hydrogen (secondary N) is 1. The number of nitrogens with zero attached hydrogens (tertiary/aromatic N) is 1. The highest BCUT2D eigenvalue weighted by atomic mass is 79.9. The third kappa shape index (κ3) is 8.37. The highest BCUT2D eigenvalue weighted by Crippen LogP contribution is 2.37. The summed E-state index contributed by atoms with van der Waals surface area (Å²) >= 11 is 3.45. The second-order valence-corrected chi connectivity index (χ2v) is 11.8. The first-order valence-corrected chi connectivity index (χ1v) is 13.2. The van der Waals surface area contributed by atoms with Crippen LogP contribution < -0.4 is 10.1 Å². The van der Waals surface area contributed by atoms with Gasteiger partial charge in [-0.3, -0.25) is 5.32 Å². The van der Waals surface area contributed by atoms with Crippen LogP contribution in [0.5, 0.6) is 5.75 Å². The smallest absolute Gasteiger partial charge is 0.411 e. The average Bonchev–Trinajstić information content (AvgIpc) is 2.77. The van der Waals surface area contributed by atoms with Gasteiger partial charge in [0, 0.05) is 6.54 Å². The van der Waals surface area contributed by atoms with Gasteiger partial charge in [-0.15, -0.1) is 0 Å². The zero-order valence-electron chi connectivity index (χ0n) is 22.6. The summed E-state index contributed by atoms with van der Waals surface area (Å²) in [5.74, 6) is -0.485. The Bertz CT molecular complexity index is 1160. The standard InChI is InChI=1S/C28H35BrN2O7/c1-27(2,3)37-24(32)22-21(30-25(33)36-16-18-10-8-7-9-11-18)13-12-20(29)23(22)35-17-19-14-15-31(19)26(34)38-28(4,5)6/h7-13,19H,14-17H2,1-6H3,(H,30,33). The average molecular weight is 591 g/mol. The lowest BCUT2D eigenvalue weighted by Crippen LogP contribution is -2.55. The third-order valence-corrected chi connectivity index (χ3v) is 5.98. The van der Waals surface area contributed by atoms with E-state index in [1.165, 1.54) is 0 Å². The molecule has 0 bridgehead atoms. The topological polar surface area (TPSA) is 103 Å². The number of amides is 2. The third-order valence-electron chi connectivity index (χ3n) is 5.35. The Labute approximate surface area is 231 Å². The molecule has 10 heteroatoms. The van der Waals surface area contributed by atoms with Crippen molar-refractivity contribution in [3.05, 3.63) is 58.1 Å². The van der Waals surface area contributed by atoms with Crippen LogP contribution in [0.1, 0.15) is 63.9 Å². The molecule has 0 aliphatic carbocycles. The van der Waals surface area contributed by atoms with Crippen molar-refractivity contribution in [2.24, 2.45) is 0 Å². The molecule has 1 aliphatic heterocycles. The van der Waals surface area contributed by atoms with Crippen molar-refractivity contribution in [1.29, 1.82) is 0 Å². The molecule has 3 rings (SSSR count). The number of carbonyl (C=O) groups is 3. The number of hydrogen-bond acceptors (Lipinski definition) is 7. The van der Waals surface area contributed by atoms with Crippen LogP contribution in [0, 0.1) is 0 Å². The Morgan fingerprint density at radius 1 is 0.974 bits per heavy atom. The molecule has 2 amide bonds. The fraction of sp³-hybridized carbons (Fsp3) is 0.464. The molecule has 2 aromatic rings. The molecule has 0 spiro atoms. The summed E-state index contributed by atoms with van der Waals surface area (Å²) in [7, 11) is 0. The van der Waals surface area contributed by atoms with Gasteiger partial charge in [-0.05, 0) is 81.6 Å². The number of hydrogen-bond donors (Lipinski definition) is 1. The van der Waals surface area contributed by atoms with E-state index in [1.807, 2.05) is 51.1 Å². The fourth-order valence-electron chi connectivity index (χ4n) is 3.56. The van der Waals surface area contributed by atoms with E-state index in [9.17, 15) is 14.4 Å². The first-order chi connectivity index (χ1) is 17.7. The minimum Gasteiger partial charge on any atom is -0.489 e. The van der Waals surface area contributed by atoms with Crippen molar-refractivity contribution < 1.29 is 33.3 Å². The number of benzene rings is 2. The van der Waals surface area contributed by atoms with E-state index in [2.05, 4.69) is 21.2 Å². The molecule has 0 radical (unpaired) electrons. The largest absolute Gasteiger partial charge is 0.489 e. The maximum atomic E-state index is 13.3. The molecule has 1 heterocycles. The molecule has 2 aromatic carbocycles. The molecule has 1 unspecified atom stereocenters. The molecule has 9 nitrogen and oxygen atoms in total. The zero-order valence-corrected chi connectivity index (χ0v) is 24.2. The van der Waals surface area contributed by atoms with Crippen LogP contribution in [-0.4, -0.2) is 53.5 Å². The molecule has 0 saturated carbocycles. The van der Waals surface area contributed by atoms with Crippen molar-refractivity contribution in [2.45, 2.75) is 71.8 Å². The Morgan fingerprint density at radius 3 is 2.21 bits per heavy atom. The van der Waals surface area contributed by atoms with E-state index < -0.39 is 29.4 Å². The van der Waals surface area contributed by atoms with Crippen LogP contribution in [0.25, 0.3) is 0 Å². The molecule has 1 aliphatic rings. The Balaban J connectivity index is 1.79. The van der Waals surface area contributed by atoms with Crippen molar-refractivity contribution in [3.63, 3.8) is 0 Å². The second kappa shape index (κ2) is 12.1. The summed E-state index contributed by atoms with van der Waals surface area (Å²) in [5, 5.41) is 2.64. The SMILES string of the molecule is CC(C)(C)OC(=O)c1c(NC(=O)OCc2ccccc2)ccc(Br)c1OCC1CCN1C(=O)OC(C)(C)C. The van der Waals surface area contributed by atoms with Gasteiger partial charge in [0.2, 0.25) is 0 Å². The maximum Gasteiger partial charge on any atom is 0.411 e. The number of esters is 1. The number of anilines is 1. The van der Waals surface area contributed by atoms with E-state index in [4.69, 9.17) is 18.9 Å². The minimum absolute atomic E-state index is 0.0362. The van der Waals surface area contributed by atoms with Gasteiger partial charge >= 0.3 is 18.2 Å². The molecule has 0 aromatic heterocycles. The van der Waals surface area contributed by atoms with Gasteiger partial charge in [-0.2, -0.15) is 0 Å². The van der Waals surface area contributed by atoms with Gasteiger partial charge in [-0.25, -0.2) is 14.4 Å². The second-order valence-electron chi connectivity index (χ2n) is 10.9. The van der Waals surface area contributed by atoms with Gasteiger partial charge in [-0.1, -0.05) is 30.3 Å². The molecule has 1 fully saturated rings. The Hall–Kier alpha value is -3.27. The molecule has 1 atom stereocenters. The number of rotatable bonds is 7. The lowest BCUT2D eigenvalue weighted by molar-refractivity contribution is -0.0148. The quantitative estimate of drug-likeness (QED) is 0.288. The Morgan fingerprint density at radius 2 is 1.63 bits per heavy atom. The van der Waals surface area contributed by atoms with Crippen LogP contribution in [0.15, 0.2) is 46.9 Å². The van der Waals surface area contributed by atoms with Gasteiger partial charge < -0.3 is 23.8 Å². The first-order valence-electron chi connectivity index (χ1n) is 12.4. The number of ether oxygens (including phenoxy) is 4. The highest BCUT2D eigenvalue weighted by molar-refractivity contribution is 9.10. The van der Waals surface area contributed by atoms with Gasteiger partial charge in [0.05, 0.1) is 16.2 Å². The maximum absolute atomic E-state index is 13.3. The van der Waals surface area contributed by atoms with E-state index in [1.54, 1.807) is 37.8 Å². The lowest BCUT2D eigenvalue weighted by Gasteiger charge is -2.41. The fourth-order valence-corrected chi connectivity index (χ4v) is 4.00. The molecular weight excluding hydrogens is 556 g/mol. The van der Waals surface area contributed by atoms with Crippen molar-refractivity contribution in [2.75, 3.05) is 18.5 Å². The monoisotopic (exact) mass is 590 g/mol. The number of carbonyl (C=O) groups excluding carboxylic acids is 3. The van der Waals surface area contributed by atoms with E-state index in [-0.39, 0.29) is 36.3 Å². The number of likely N-dealkylation sites (tertiary alicyclic amines) is 1. The summed E-state index contributed by atoms with van der Waals surface area (Å²) in [4.78, 5) is 40.0. The van der Waals surface area contributed by atoms with Crippen molar-refractivity contribution >= 4 is 39.8 Å². The summed E-state index contributed by atoms with van der Waals surface area (Å²) in [6, 6.07) is 12.2. The summed E-state index contributed by atoms with van der Waals surface area (Å²) in [5.41, 5.74) is -0.365. The van der Waals surface area contributed by atoms with Gasteiger partial charge in [0.25, 0.3) is 0 Å². The first kappa shape index (κ1) is 29.3. The van der Waals surface area contributed by atoms with Gasteiger partial charge in [0.15, 0.2) is 0 Å². The van der Waals surface area contributed by atoms with E-state index in [0.29, 0.717) is 11.0 Å². The van der Waals surface area contributed by atoms with Crippen LogP contribution >= 0.6 is 15.9 Å². The van der Waals surface area contributed by atoms with Crippen LogP contribution in [0.3, 0.4) is 0 Å². The molecule has 206 valence electrons. The molecule has 1 saturated heterocycles. The molecule has 1 N–H and O–H groups in total. The minimum atomic E-state index is -0.788. The van der Waals surface area contributed by atoms with Crippen LogP contribution in [0.4, 0.5) is 15.3 Å². The summed E-state index contributed by atoms with van der Waals surface area (Å²) < 4.78 is 23.0. The van der Waals surface area contributed by atoms with E-state index in [0.717, 1.165) is 12.0 Å². The van der Waals surface area contributed by atoms with E-state index >= 15 is 0 Å². The molecule has 38 heavy (non-hydrogen) atoms. The lowest BCUT2D eigenvalue weighted by atomic mass is 10.1. The molecular formula is C28H35BrN2O7. The summed E-state index contributed by atoms with van der Waals surface area (Å²) in [6.45, 7) is 11.4. The normalized spacial score (nSPS) is 15.2. The van der Waals surface area contributed by atoms with Crippen LogP contribution in [-0.2, 0) is 20.8 Å². The van der Waals surface area contributed by atoms with Crippen molar-refractivity contribution in [1.82, 2.24) is 4.90 Å². The van der Waals surface area contributed by atoms with Crippen LogP contribution in [0.2, 0.25) is 0 Å². The number of halogens is 1. The Kier molecular flexibility index (Phi) is 9.30.